The Morgan fingerprint density at radius 1 is 1.17 bits per heavy atom. The molecule has 0 fully saturated rings. The van der Waals surface area contributed by atoms with Crippen molar-refractivity contribution >= 4 is 46.9 Å². The van der Waals surface area contributed by atoms with Crippen molar-refractivity contribution in [3.63, 3.8) is 0 Å². The van der Waals surface area contributed by atoms with E-state index < -0.39 is 24.3 Å². The van der Waals surface area contributed by atoms with Crippen LogP contribution in [0.3, 0.4) is 0 Å². The number of nitrogens with zero attached hydrogens (tertiary/aromatic N) is 1. The predicted molar refractivity (Wildman–Crippen MR) is 95.9 cm³/mol. The Morgan fingerprint density at radius 2 is 1.59 bits per heavy atom. The van der Waals surface area contributed by atoms with Crippen LogP contribution in [0.2, 0.25) is 5.02 Å². The Bertz CT molecular complexity index is 694. The van der Waals surface area contributed by atoms with E-state index in [1.54, 1.807) is 11.9 Å². The van der Waals surface area contributed by atoms with Crippen LogP contribution in [0.15, 0.2) is 18.2 Å². The quantitative estimate of drug-likeness (QED) is 0.380. The first-order valence-corrected chi connectivity index (χ1v) is 8.83. The molecule has 166 valence electrons. The van der Waals surface area contributed by atoms with Crippen LogP contribution in [0.5, 0.6) is 0 Å². The van der Waals surface area contributed by atoms with Crippen molar-refractivity contribution in [1.82, 2.24) is 0 Å². The minimum absolute atomic E-state index is 0.0589. The number of carboxylic acid groups (broad SMARTS) is 2. The third kappa shape index (κ3) is 8.87. The van der Waals surface area contributed by atoms with Gasteiger partial charge in [0.2, 0.25) is 0 Å². The molecule has 15 heteroatoms. The van der Waals surface area contributed by atoms with E-state index in [4.69, 9.17) is 37.1 Å². The van der Waals surface area contributed by atoms with E-state index in [2.05, 4.69) is 9.62 Å². The lowest BCUT2D eigenvalue weighted by atomic mass is 10.3. The molecule has 2 rings (SSSR count). The lowest BCUT2D eigenvalue weighted by Gasteiger charge is -2.26. The number of nitrogens with two attached hydrogens (primary N) is 1. The Hall–Kier alpha value is -2.06. The fourth-order valence-electron chi connectivity index (χ4n) is 1.73. The summed E-state index contributed by atoms with van der Waals surface area (Å²) in [6.45, 7) is 1.99. The molecule has 0 aromatic heterocycles. The fourth-order valence-corrected chi connectivity index (χ4v) is 2.72. The summed E-state index contributed by atoms with van der Waals surface area (Å²) in [6.07, 6.45) is -8.00. The van der Waals surface area contributed by atoms with Gasteiger partial charge in [-0.2, -0.15) is 26.3 Å². The Kier molecular flexibility index (Phi) is 9.88. The van der Waals surface area contributed by atoms with Gasteiger partial charge in [-0.05, 0) is 25.1 Å². The van der Waals surface area contributed by atoms with E-state index in [1.165, 1.54) is 0 Å². The van der Waals surface area contributed by atoms with Crippen molar-refractivity contribution in [3.8, 4) is 0 Å². The van der Waals surface area contributed by atoms with Crippen molar-refractivity contribution in [1.29, 1.82) is 0 Å². The molecular formula is C14H16ClF6N3O4S. The maximum Gasteiger partial charge on any atom is 0.490 e. The Morgan fingerprint density at radius 3 is 1.90 bits per heavy atom. The zero-order chi connectivity index (χ0) is 23.2. The summed E-state index contributed by atoms with van der Waals surface area (Å²) >= 11 is 7.63. The van der Waals surface area contributed by atoms with Crippen LogP contribution in [0.4, 0.5) is 37.7 Å². The predicted octanol–water partition coefficient (Wildman–Crippen LogP) is 3.79. The maximum absolute atomic E-state index is 10.6. The van der Waals surface area contributed by atoms with Crippen molar-refractivity contribution in [2.24, 2.45) is 5.73 Å². The molecule has 29 heavy (non-hydrogen) atoms. The van der Waals surface area contributed by atoms with Crippen LogP contribution in [-0.4, -0.2) is 53.0 Å². The highest BCUT2D eigenvalue weighted by Gasteiger charge is 2.38. The summed E-state index contributed by atoms with van der Waals surface area (Å²) in [7, 11) is 0. The van der Waals surface area contributed by atoms with E-state index in [-0.39, 0.29) is 12.2 Å². The summed E-state index contributed by atoms with van der Waals surface area (Å²) in [5, 5.41) is 18.4. The van der Waals surface area contributed by atoms with Crippen molar-refractivity contribution < 1.29 is 46.1 Å². The van der Waals surface area contributed by atoms with Gasteiger partial charge >= 0.3 is 24.3 Å². The fraction of sp³-hybridized carbons (Fsp3) is 0.429. The lowest BCUT2D eigenvalue weighted by molar-refractivity contribution is -0.193. The van der Waals surface area contributed by atoms with Crippen LogP contribution >= 0.6 is 23.5 Å². The number of nitrogens with one attached hydrogen (secondary N) is 1. The number of fused-ring (bicyclic) bond motifs is 1. The van der Waals surface area contributed by atoms with Gasteiger partial charge in [-0.1, -0.05) is 23.5 Å². The number of hydrogen-bond donors (Lipinski definition) is 4. The number of carboxylic acids is 2. The van der Waals surface area contributed by atoms with Gasteiger partial charge in [-0.15, -0.1) is 0 Å². The first kappa shape index (κ1) is 26.9. The second-order valence-electron chi connectivity index (χ2n) is 5.22. The first-order chi connectivity index (χ1) is 13.0. The average Bonchev–Trinajstić information content (AvgIpc) is 2.92. The molecule has 0 amide bonds. The summed E-state index contributed by atoms with van der Waals surface area (Å²) < 4.78 is 65.6. The molecular weight excluding hydrogens is 456 g/mol. The highest BCUT2D eigenvalue weighted by atomic mass is 35.5. The highest BCUT2D eigenvalue weighted by molar-refractivity contribution is 8.00. The van der Waals surface area contributed by atoms with Gasteiger partial charge in [0.05, 0.1) is 11.4 Å². The topological polar surface area (TPSA) is 116 Å². The normalized spacial score (nSPS) is 16.3. The monoisotopic (exact) mass is 471 g/mol. The molecule has 1 unspecified atom stereocenters. The standard InChI is InChI=1S/C10H14ClN3S.2C2HF3O2/c1-6(12)10-13-8-4-3-7(11)5-9(8)14(10)15-2;2*3-2(4,5)1(6)7/h3-6,10,13H,12H2,1-2H3;2*(H,6,7)/t6?,10-;;/m0../s1. The summed E-state index contributed by atoms with van der Waals surface area (Å²) in [4.78, 5) is 17.8. The number of anilines is 2. The van der Waals surface area contributed by atoms with Crippen LogP contribution < -0.4 is 15.4 Å². The minimum atomic E-state index is -5.08. The second kappa shape index (κ2) is 10.6. The van der Waals surface area contributed by atoms with Gasteiger partial charge < -0.3 is 21.3 Å². The van der Waals surface area contributed by atoms with E-state index in [0.717, 1.165) is 16.4 Å². The molecule has 7 nitrogen and oxygen atoms in total. The third-order valence-corrected chi connectivity index (χ3v) is 3.99. The number of aliphatic carboxylic acids is 2. The molecule has 0 bridgehead atoms. The molecule has 1 aromatic rings. The Labute approximate surface area is 169 Å². The average molecular weight is 472 g/mol. The molecule has 0 aliphatic carbocycles. The van der Waals surface area contributed by atoms with Gasteiger partial charge in [0.1, 0.15) is 6.17 Å². The largest absolute Gasteiger partial charge is 0.490 e. The van der Waals surface area contributed by atoms with Crippen LogP contribution in [0.25, 0.3) is 0 Å². The van der Waals surface area contributed by atoms with Crippen LogP contribution in [0, 0.1) is 0 Å². The van der Waals surface area contributed by atoms with Crippen molar-refractivity contribution in [2.75, 3.05) is 15.9 Å². The zero-order valence-corrected chi connectivity index (χ0v) is 16.2. The van der Waals surface area contributed by atoms with Crippen LogP contribution in [-0.2, 0) is 9.59 Å². The number of halogens is 7. The van der Waals surface area contributed by atoms with Crippen molar-refractivity contribution in [3.05, 3.63) is 23.2 Å². The smallest absolute Gasteiger partial charge is 0.475 e. The van der Waals surface area contributed by atoms with Gasteiger partial charge in [0.15, 0.2) is 0 Å². The number of carbonyl (C=O) groups is 2. The third-order valence-electron chi connectivity index (χ3n) is 2.93. The minimum Gasteiger partial charge on any atom is -0.475 e. The molecule has 1 aliphatic heterocycles. The zero-order valence-electron chi connectivity index (χ0n) is 14.7. The molecule has 1 aromatic carbocycles. The summed E-state index contributed by atoms with van der Waals surface area (Å²) in [5.41, 5.74) is 8.13. The number of hydrogen-bond acceptors (Lipinski definition) is 6. The number of rotatable bonds is 2. The molecule has 0 saturated heterocycles. The van der Waals surface area contributed by atoms with E-state index >= 15 is 0 Å². The summed E-state index contributed by atoms with van der Waals surface area (Å²) in [5.74, 6) is -5.51. The first-order valence-electron chi connectivity index (χ1n) is 7.27. The van der Waals surface area contributed by atoms with Gasteiger partial charge in [0, 0.05) is 17.3 Å². The van der Waals surface area contributed by atoms with Gasteiger partial charge in [0.25, 0.3) is 0 Å². The molecule has 1 heterocycles. The molecule has 0 spiro atoms. The Balaban J connectivity index is 0.000000473. The number of benzene rings is 1. The van der Waals surface area contributed by atoms with Gasteiger partial charge in [-0.3, -0.25) is 4.31 Å². The van der Waals surface area contributed by atoms with Crippen LogP contribution in [0.1, 0.15) is 6.92 Å². The van der Waals surface area contributed by atoms with Gasteiger partial charge in [-0.25, -0.2) is 9.59 Å². The van der Waals surface area contributed by atoms with E-state index in [0.29, 0.717) is 0 Å². The molecule has 0 saturated carbocycles. The number of alkyl halides is 6. The lowest BCUT2D eigenvalue weighted by Crippen LogP contribution is -2.44. The van der Waals surface area contributed by atoms with E-state index in [1.807, 2.05) is 31.4 Å². The molecule has 0 radical (unpaired) electrons. The summed E-state index contributed by atoms with van der Waals surface area (Å²) in [6, 6.07) is 5.89. The van der Waals surface area contributed by atoms with E-state index in [9.17, 15) is 26.3 Å². The van der Waals surface area contributed by atoms with Crippen molar-refractivity contribution in [2.45, 2.75) is 31.5 Å². The highest BCUT2D eigenvalue weighted by Crippen LogP contribution is 2.40. The molecule has 1 aliphatic rings. The second-order valence-corrected chi connectivity index (χ2v) is 6.42. The SMILES string of the molecule is CSN1c2cc(Cl)ccc2N[C@@H]1C(C)N.O=C(O)C(F)(F)F.O=C(O)C(F)(F)F. The molecule has 5 N–H and O–H groups in total. The maximum atomic E-state index is 10.6. The molecule has 2 atom stereocenters.